The smallest absolute Gasteiger partial charge is 0.293 e. The van der Waals surface area contributed by atoms with E-state index in [9.17, 15) is 14.9 Å². The van der Waals surface area contributed by atoms with Crippen molar-refractivity contribution >= 4 is 17.3 Å². The van der Waals surface area contributed by atoms with E-state index in [0.717, 1.165) is 0 Å². The Morgan fingerprint density at radius 1 is 1.45 bits per heavy atom. The third-order valence-corrected chi connectivity index (χ3v) is 2.61. The largest absolute Gasteiger partial charge is 0.380 e. The van der Waals surface area contributed by atoms with Crippen LogP contribution in [0, 0.1) is 10.1 Å². The van der Waals surface area contributed by atoms with E-state index in [4.69, 9.17) is 4.74 Å². The lowest BCUT2D eigenvalue weighted by atomic mass is 10.1. The summed E-state index contributed by atoms with van der Waals surface area (Å²) in [6.07, 6.45) is 0. The van der Waals surface area contributed by atoms with Crippen LogP contribution in [-0.4, -0.2) is 49.6 Å². The maximum atomic E-state index is 11.8. The number of nitrogens with zero attached hydrogens (tertiary/aromatic N) is 2. The molecule has 0 fully saturated rings. The third kappa shape index (κ3) is 4.20. The number of carbonyl (C=O) groups excluding carboxylic acids is 1. The molecular weight excluding hydrogens is 262 g/mol. The molecule has 7 nitrogen and oxygen atoms in total. The second kappa shape index (κ2) is 7.44. The van der Waals surface area contributed by atoms with Gasteiger partial charge in [-0.3, -0.25) is 14.9 Å². The molecule has 0 saturated heterocycles. The lowest BCUT2D eigenvalue weighted by Gasteiger charge is -2.12. The molecule has 0 radical (unpaired) electrons. The average Bonchev–Trinajstić information content (AvgIpc) is 2.42. The Labute approximate surface area is 117 Å². The van der Waals surface area contributed by atoms with Crippen molar-refractivity contribution < 1.29 is 14.5 Å². The molecule has 1 amide bonds. The maximum Gasteiger partial charge on any atom is 0.293 e. The number of hydrogen-bond acceptors (Lipinski definition) is 5. The highest BCUT2D eigenvalue weighted by Crippen LogP contribution is 2.25. The summed E-state index contributed by atoms with van der Waals surface area (Å²) in [5.74, 6) is -0.269. The minimum atomic E-state index is -0.505. The van der Waals surface area contributed by atoms with Gasteiger partial charge in [0.25, 0.3) is 11.6 Å². The topological polar surface area (TPSA) is 84.7 Å². The van der Waals surface area contributed by atoms with Crippen LogP contribution in [0.4, 0.5) is 11.4 Å². The zero-order valence-electron chi connectivity index (χ0n) is 11.9. The lowest BCUT2D eigenvalue weighted by molar-refractivity contribution is -0.384. The number of amides is 1. The monoisotopic (exact) mass is 281 g/mol. The molecule has 0 aromatic heterocycles. The van der Waals surface area contributed by atoms with Crippen LogP contribution in [-0.2, 0) is 4.74 Å². The van der Waals surface area contributed by atoms with Crippen molar-refractivity contribution in [2.45, 2.75) is 6.92 Å². The van der Waals surface area contributed by atoms with E-state index in [1.165, 1.54) is 11.0 Å². The van der Waals surface area contributed by atoms with E-state index in [-0.39, 0.29) is 17.2 Å². The van der Waals surface area contributed by atoms with Crippen molar-refractivity contribution in [2.24, 2.45) is 0 Å². The van der Waals surface area contributed by atoms with Crippen LogP contribution in [0.5, 0.6) is 0 Å². The van der Waals surface area contributed by atoms with Crippen LogP contribution in [0.1, 0.15) is 17.3 Å². The SMILES string of the molecule is CCOCCNc1ccc(C(=O)N(C)C)cc1[N+](=O)[O-]. The van der Waals surface area contributed by atoms with Crippen LogP contribution in [0.2, 0.25) is 0 Å². The van der Waals surface area contributed by atoms with E-state index in [2.05, 4.69) is 5.32 Å². The lowest BCUT2D eigenvalue weighted by Crippen LogP contribution is -2.21. The van der Waals surface area contributed by atoms with E-state index < -0.39 is 4.92 Å². The predicted molar refractivity (Wildman–Crippen MR) is 76.1 cm³/mol. The molecule has 7 heteroatoms. The van der Waals surface area contributed by atoms with Crippen LogP contribution in [0.3, 0.4) is 0 Å². The van der Waals surface area contributed by atoms with E-state index >= 15 is 0 Å². The Kier molecular flexibility index (Phi) is 5.92. The van der Waals surface area contributed by atoms with Gasteiger partial charge in [-0.15, -0.1) is 0 Å². The van der Waals surface area contributed by atoms with Gasteiger partial charge in [-0.25, -0.2) is 0 Å². The highest BCUT2D eigenvalue weighted by Gasteiger charge is 2.18. The van der Waals surface area contributed by atoms with Gasteiger partial charge in [-0.05, 0) is 19.1 Å². The molecule has 0 bridgehead atoms. The van der Waals surface area contributed by atoms with Gasteiger partial charge in [0, 0.05) is 38.9 Å². The quantitative estimate of drug-likeness (QED) is 0.467. The fraction of sp³-hybridized carbons (Fsp3) is 0.462. The van der Waals surface area contributed by atoms with Gasteiger partial charge >= 0.3 is 0 Å². The zero-order valence-corrected chi connectivity index (χ0v) is 11.9. The highest BCUT2D eigenvalue weighted by molar-refractivity contribution is 5.95. The molecule has 1 aromatic carbocycles. The van der Waals surface area contributed by atoms with Crippen molar-refractivity contribution in [2.75, 3.05) is 39.2 Å². The third-order valence-electron chi connectivity index (χ3n) is 2.61. The summed E-state index contributed by atoms with van der Waals surface area (Å²) >= 11 is 0. The fourth-order valence-corrected chi connectivity index (χ4v) is 1.63. The number of anilines is 1. The molecule has 0 spiro atoms. The summed E-state index contributed by atoms with van der Waals surface area (Å²) < 4.78 is 5.16. The van der Waals surface area contributed by atoms with Crippen LogP contribution < -0.4 is 5.32 Å². The minimum Gasteiger partial charge on any atom is -0.380 e. The molecule has 0 aliphatic carbocycles. The van der Waals surface area contributed by atoms with E-state index in [1.54, 1.807) is 26.2 Å². The molecular formula is C13H19N3O4. The summed E-state index contributed by atoms with van der Waals surface area (Å²) in [5.41, 5.74) is 0.552. The normalized spacial score (nSPS) is 10.2. The van der Waals surface area contributed by atoms with E-state index in [0.29, 0.717) is 25.4 Å². The van der Waals surface area contributed by atoms with Crippen LogP contribution >= 0.6 is 0 Å². The van der Waals surface area contributed by atoms with Gasteiger partial charge in [0.2, 0.25) is 0 Å². The predicted octanol–water partition coefficient (Wildman–Crippen LogP) is 1.75. The molecule has 0 atom stereocenters. The highest BCUT2D eigenvalue weighted by atomic mass is 16.6. The number of carbonyl (C=O) groups is 1. The Morgan fingerprint density at radius 3 is 2.70 bits per heavy atom. The Balaban J connectivity index is 2.91. The van der Waals surface area contributed by atoms with Crippen LogP contribution in [0.15, 0.2) is 18.2 Å². The first-order valence-electron chi connectivity index (χ1n) is 6.29. The standard InChI is InChI=1S/C13H19N3O4/c1-4-20-8-7-14-11-6-5-10(13(17)15(2)3)9-12(11)16(18)19/h5-6,9,14H,4,7-8H2,1-3H3. The number of nitrogens with one attached hydrogen (secondary N) is 1. The molecule has 1 aromatic rings. The molecule has 0 heterocycles. The number of ether oxygens (including phenoxy) is 1. The summed E-state index contributed by atoms with van der Waals surface area (Å²) in [5, 5.41) is 14.0. The van der Waals surface area contributed by atoms with E-state index in [1.807, 2.05) is 6.92 Å². The van der Waals surface area contributed by atoms with Crippen molar-refractivity contribution in [3.63, 3.8) is 0 Å². The Morgan fingerprint density at radius 2 is 2.15 bits per heavy atom. The van der Waals surface area contributed by atoms with Gasteiger partial charge in [0.05, 0.1) is 11.5 Å². The molecule has 110 valence electrons. The van der Waals surface area contributed by atoms with Gasteiger partial charge in [0.15, 0.2) is 0 Å². The minimum absolute atomic E-state index is 0.116. The summed E-state index contributed by atoms with van der Waals surface area (Å²) in [6.45, 7) is 3.41. The van der Waals surface area contributed by atoms with Gasteiger partial charge in [-0.2, -0.15) is 0 Å². The second-order valence-electron chi connectivity index (χ2n) is 4.31. The number of nitro benzene ring substituents is 1. The molecule has 0 aliphatic rings. The Hall–Kier alpha value is -2.15. The number of hydrogen-bond donors (Lipinski definition) is 1. The Bertz CT molecular complexity index is 489. The fourth-order valence-electron chi connectivity index (χ4n) is 1.63. The number of benzene rings is 1. The van der Waals surface area contributed by atoms with Gasteiger partial charge in [-0.1, -0.05) is 0 Å². The first-order valence-corrected chi connectivity index (χ1v) is 6.29. The molecule has 1 N–H and O–H groups in total. The molecule has 0 saturated carbocycles. The van der Waals surface area contributed by atoms with Crippen molar-refractivity contribution in [3.8, 4) is 0 Å². The maximum absolute atomic E-state index is 11.8. The first-order chi connectivity index (χ1) is 9.47. The number of nitro groups is 1. The van der Waals surface area contributed by atoms with Crippen LogP contribution in [0.25, 0.3) is 0 Å². The molecule has 0 unspecified atom stereocenters. The summed E-state index contributed by atoms with van der Waals surface area (Å²) in [6, 6.07) is 4.39. The van der Waals surface area contributed by atoms with Crippen molar-refractivity contribution in [3.05, 3.63) is 33.9 Å². The average molecular weight is 281 g/mol. The van der Waals surface area contributed by atoms with Gasteiger partial charge in [0.1, 0.15) is 5.69 Å². The molecule has 0 aliphatic heterocycles. The first kappa shape index (κ1) is 15.9. The summed E-state index contributed by atoms with van der Waals surface area (Å²) in [4.78, 5) is 23.7. The van der Waals surface area contributed by atoms with Gasteiger partial charge < -0.3 is 15.0 Å². The number of rotatable bonds is 7. The van der Waals surface area contributed by atoms with Crippen molar-refractivity contribution in [1.29, 1.82) is 0 Å². The molecule has 20 heavy (non-hydrogen) atoms. The van der Waals surface area contributed by atoms with Crippen molar-refractivity contribution in [1.82, 2.24) is 4.90 Å². The zero-order chi connectivity index (χ0) is 15.1. The summed E-state index contributed by atoms with van der Waals surface area (Å²) in [7, 11) is 3.20. The molecule has 1 rings (SSSR count). The second-order valence-corrected chi connectivity index (χ2v) is 4.31.